The number of piperidine rings is 2. The van der Waals surface area contributed by atoms with Crippen molar-refractivity contribution in [1.29, 1.82) is 0 Å². The van der Waals surface area contributed by atoms with Crippen LogP contribution in [0.2, 0.25) is 0 Å². The number of likely N-dealkylation sites (tertiary alicyclic amines) is 1. The lowest BCUT2D eigenvalue weighted by molar-refractivity contribution is -0.139. The van der Waals surface area contributed by atoms with Crippen LogP contribution in [0.25, 0.3) is 0 Å². The van der Waals surface area contributed by atoms with Gasteiger partial charge in [0.1, 0.15) is 0 Å². The average Bonchev–Trinajstić information content (AvgIpc) is 2.67. The van der Waals surface area contributed by atoms with Crippen LogP contribution in [-0.2, 0) is 4.79 Å². The smallest absolute Gasteiger partial charge is 0.228 e. The number of aromatic nitrogens is 2. The molecule has 0 aromatic carbocycles. The topological polar surface area (TPSA) is 84.6 Å². The second-order valence-corrected chi connectivity index (χ2v) is 6.58. The first-order chi connectivity index (χ1) is 11.7. The van der Waals surface area contributed by atoms with Crippen molar-refractivity contribution in [2.45, 2.75) is 38.1 Å². The van der Waals surface area contributed by atoms with E-state index in [1.807, 2.05) is 4.90 Å². The molecule has 2 aliphatic rings. The number of rotatable bonds is 4. The van der Waals surface area contributed by atoms with Crippen molar-refractivity contribution in [2.75, 3.05) is 38.2 Å². The zero-order valence-electron chi connectivity index (χ0n) is 14.4. The van der Waals surface area contributed by atoms with E-state index in [0.29, 0.717) is 18.4 Å². The molecular formula is C17H27N5O2. The number of anilines is 1. The summed E-state index contributed by atoms with van der Waals surface area (Å²) in [6, 6.07) is 1.97. The van der Waals surface area contributed by atoms with Crippen LogP contribution < -0.4 is 15.4 Å². The van der Waals surface area contributed by atoms with Crippen LogP contribution in [0, 0.1) is 5.92 Å². The molecule has 1 aromatic rings. The van der Waals surface area contributed by atoms with Crippen LogP contribution in [0.3, 0.4) is 0 Å². The highest BCUT2D eigenvalue weighted by atomic mass is 16.5. The van der Waals surface area contributed by atoms with Crippen LogP contribution in [0.1, 0.15) is 32.1 Å². The van der Waals surface area contributed by atoms with Crippen LogP contribution in [0.4, 0.5) is 5.95 Å². The molecule has 1 amide bonds. The molecule has 7 nitrogen and oxygen atoms in total. The molecule has 132 valence electrons. The van der Waals surface area contributed by atoms with E-state index < -0.39 is 0 Å². The van der Waals surface area contributed by atoms with Crippen molar-refractivity contribution in [1.82, 2.24) is 14.9 Å². The quantitative estimate of drug-likeness (QED) is 0.886. The number of amides is 1. The van der Waals surface area contributed by atoms with Crippen molar-refractivity contribution in [3.63, 3.8) is 0 Å². The summed E-state index contributed by atoms with van der Waals surface area (Å²) < 4.78 is 5.16. The summed E-state index contributed by atoms with van der Waals surface area (Å²) in [6.45, 7) is 3.03. The molecule has 0 spiro atoms. The third-order valence-electron chi connectivity index (χ3n) is 5.14. The third-order valence-corrected chi connectivity index (χ3v) is 5.14. The Morgan fingerprint density at radius 3 is 2.79 bits per heavy atom. The van der Waals surface area contributed by atoms with Crippen LogP contribution in [0.5, 0.6) is 5.88 Å². The van der Waals surface area contributed by atoms with E-state index in [1.165, 1.54) is 6.42 Å². The molecule has 0 aliphatic carbocycles. The average molecular weight is 333 g/mol. The van der Waals surface area contributed by atoms with Crippen molar-refractivity contribution in [2.24, 2.45) is 11.7 Å². The Labute approximate surface area is 143 Å². The number of hydrogen-bond acceptors (Lipinski definition) is 6. The molecule has 2 aliphatic heterocycles. The minimum atomic E-state index is 0.0963. The minimum absolute atomic E-state index is 0.0963. The van der Waals surface area contributed by atoms with Gasteiger partial charge >= 0.3 is 0 Å². The summed E-state index contributed by atoms with van der Waals surface area (Å²) in [4.78, 5) is 25.7. The highest BCUT2D eigenvalue weighted by molar-refractivity contribution is 5.79. The number of nitrogens with two attached hydrogens (primary N) is 1. The van der Waals surface area contributed by atoms with Crippen LogP contribution in [-0.4, -0.2) is 60.1 Å². The molecule has 3 heterocycles. The molecule has 0 saturated carbocycles. The van der Waals surface area contributed by atoms with E-state index in [4.69, 9.17) is 10.5 Å². The Bertz CT molecular complexity index is 560. The van der Waals surface area contributed by atoms with Crippen LogP contribution >= 0.6 is 0 Å². The lowest BCUT2D eigenvalue weighted by atomic mass is 9.92. The van der Waals surface area contributed by atoms with Gasteiger partial charge in [0.25, 0.3) is 0 Å². The number of carbonyl (C=O) groups excluding carboxylic acids is 1. The van der Waals surface area contributed by atoms with E-state index in [9.17, 15) is 4.79 Å². The van der Waals surface area contributed by atoms with Gasteiger partial charge in [-0.1, -0.05) is 0 Å². The lowest BCUT2D eigenvalue weighted by Crippen LogP contribution is -2.51. The summed E-state index contributed by atoms with van der Waals surface area (Å²) in [5.74, 6) is 1.63. The Balaban J connectivity index is 1.59. The Morgan fingerprint density at radius 1 is 1.29 bits per heavy atom. The monoisotopic (exact) mass is 333 g/mol. The van der Waals surface area contributed by atoms with Gasteiger partial charge in [-0.25, -0.2) is 4.98 Å². The van der Waals surface area contributed by atoms with E-state index in [2.05, 4.69) is 14.9 Å². The van der Waals surface area contributed by atoms with Crippen molar-refractivity contribution < 1.29 is 9.53 Å². The maximum absolute atomic E-state index is 12.9. The van der Waals surface area contributed by atoms with Crippen molar-refractivity contribution in [3.05, 3.63) is 12.3 Å². The first-order valence-corrected chi connectivity index (χ1v) is 8.85. The number of nitrogens with zero attached hydrogens (tertiary/aromatic N) is 4. The summed E-state index contributed by atoms with van der Waals surface area (Å²) >= 11 is 0. The third kappa shape index (κ3) is 3.61. The fourth-order valence-corrected chi connectivity index (χ4v) is 3.70. The normalized spacial score (nSPS) is 22.5. The SMILES string of the molecule is COc1ccnc(N2CCC(C(=O)N3CCCC[C@H]3CN)CC2)n1. The summed E-state index contributed by atoms with van der Waals surface area (Å²) in [5.41, 5.74) is 5.86. The van der Waals surface area contributed by atoms with E-state index in [1.54, 1.807) is 19.4 Å². The first-order valence-electron chi connectivity index (χ1n) is 8.85. The van der Waals surface area contributed by atoms with Gasteiger partial charge in [0.2, 0.25) is 17.7 Å². The van der Waals surface area contributed by atoms with Crippen LogP contribution in [0.15, 0.2) is 12.3 Å². The number of methoxy groups -OCH3 is 1. The first kappa shape index (κ1) is 17.0. The highest BCUT2D eigenvalue weighted by Crippen LogP contribution is 2.26. The predicted octanol–water partition coefficient (Wildman–Crippen LogP) is 1.04. The second-order valence-electron chi connectivity index (χ2n) is 6.58. The van der Waals surface area contributed by atoms with Gasteiger partial charge in [-0.3, -0.25) is 4.79 Å². The second kappa shape index (κ2) is 7.79. The Morgan fingerprint density at radius 2 is 2.08 bits per heavy atom. The largest absolute Gasteiger partial charge is 0.481 e. The Kier molecular flexibility index (Phi) is 5.50. The molecule has 24 heavy (non-hydrogen) atoms. The summed E-state index contributed by atoms with van der Waals surface area (Å²) in [7, 11) is 1.60. The van der Waals surface area contributed by atoms with Gasteiger partial charge in [-0.2, -0.15) is 4.98 Å². The molecule has 2 saturated heterocycles. The molecule has 0 unspecified atom stereocenters. The minimum Gasteiger partial charge on any atom is -0.481 e. The molecule has 7 heteroatoms. The number of hydrogen-bond donors (Lipinski definition) is 1. The molecule has 0 radical (unpaired) electrons. The molecule has 2 fully saturated rings. The number of carbonyl (C=O) groups is 1. The summed E-state index contributed by atoms with van der Waals surface area (Å²) in [5, 5.41) is 0. The summed E-state index contributed by atoms with van der Waals surface area (Å²) in [6.07, 6.45) is 6.70. The van der Waals surface area contributed by atoms with Gasteiger partial charge in [-0.05, 0) is 32.1 Å². The van der Waals surface area contributed by atoms with Gasteiger partial charge in [0.15, 0.2) is 0 Å². The van der Waals surface area contributed by atoms with Gasteiger partial charge in [0.05, 0.1) is 7.11 Å². The lowest BCUT2D eigenvalue weighted by Gasteiger charge is -2.39. The maximum atomic E-state index is 12.9. The maximum Gasteiger partial charge on any atom is 0.228 e. The zero-order chi connectivity index (χ0) is 16.9. The van der Waals surface area contributed by atoms with Gasteiger partial charge in [-0.15, -0.1) is 0 Å². The standard InChI is InChI=1S/C17H27N5O2/c1-24-15-5-8-19-17(20-15)21-10-6-13(7-11-21)16(23)22-9-3-2-4-14(22)12-18/h5,8,13-14H,2-4,6-7,9-12,18H2,1H3/t14-/m0/s1. The molecule has 3 rings (SSSR count). The molecule has 2 N–H and O–H groups in total. The molecule has 0 bridgehead atoms. The predicted molar refractivity (Wildman–Crippen MR) is 91.9 cm³/mol. The molecule has 1 atom stereocenters. The fraction of sp³-hybridized carbons (Fsp3) is 0.706. The van der Waals surface area contributed by atoms with Gasteiger partial charge in [0, 0.05) is 50.4 Å². The van der Waals surface area contributed by atoms with Gasteiger partial charge < -0.3 is 20.3 Å². The fourth-order valence-electron chi connectivity index (χ4n) is 3.70. The number of ether oxygens (including phenoxy) is 1. The molecular weight excluding hydrogens is 306 g/mol. The van der Waals surface area contributed by atoms with E-state index >= 15 is 0 Å². The Hall–Kier alpha value is -1.89. The zero-order valence-corrected chi connectivity index (χ0v) is 14.4. The highest BCUT2D eigenvalue weighted by Gasteiger charge is 2.33. The molecule has 1 aromatic heterocycles. The van der Waals surface area contributed by atoms with Crippen molar-refractivity contribution >= 4 is 11.9 Å². The van der Waals surface area contributed by atoms with E-state index in [-0.39, 0.29) is 17.9 Å². The van der Waals surface area contributed by atoms with Crippen molar-refractivity contribution in [3.8, 4) is 5.88 Å². The van der Waals surface area contributed by atoms with E-state index in [0.717, 1.165) is 45.3 Å².